The molecule has 0 bridgehead atoms. The van der Waals surface area contributed by atoms with Gasteiger partial charge in [-0.05, 0) is 40.7 Å². The lowest BCUT2D eigenvalue weighted by Gasteiger charge is -2.07. The van der Waals surface area contributed by atoms with E-state index in [-0.39, 0.29) is 0 Å². The first-order valence-corrected chi connectivity index (χ1v) is 6.57. The molecule has 0 aliphatic carbocycles. The van der Waals surface area contributed by atoms with Gasteiger partial charge in [0.1, 0.15) is 0 Å². The van der Waals surface area contributed by atoms with Gasteiger partial charge in [0.25, 0.3) is 0 Å². The third-order valence-corrected chi connectivity index (χ3v) is 3.09. The molecule has 0 heterocycles. The molecule has 2 aromatic carbocycles. The Kier molecular flexibility index (Phi) is 4.16. The molecule has 0 saturated carbocycles. The summed E-state index contributed by atoms with van der Waals surface area (Å²) in [5.41, 5.74) is 10.8. The number of hydrogen-bond acceptors (Lipinski definition) is 1. The summed E-state index contributed by atoms with van der Waals surface area (Å²) in [5, 5.41) is 0. The van der Waals surface area contributed by atoms with E-state index in [1.807, 2.05) is 0 Å². The molecule has 0 radical (unpaired) electrons. The first kappa shape index (κ1) is 12.8. The second-order valence-corrected chi connectivity index (χ2v) is 5.20. The minimum Gasteiger partial charge on any atom is -0.326 e. The zero-order chi connectivity index (χ0) is 13.0. The molecule has 1 nitrogen and oxygen atoms in total. The Morgan fingerprint density at radius 2 is 1.61 bits per heavy atom. The van der Waals surface area contributed by atoms with Gasteiger partial charge in [-0.15, -0.1) is 0 Å². The molecule has 18 heavy (non-hydrogen) atoms. The van der Waals surface area contributed by atoms with E-state index in [2.05, 4.69) is 62.4 Å². The molecule has 0 spiro atoms. The highest BCUT2D eigenvalue weighted by Gasteiger charge is 2.01. The molecule has 94 valence electrons. The van der Waals surface area contributed by atoms with Crippen LogP contribution in [0.25, 0.3) is 11.1 Å². The van der Waals surface area contributed by atoms with Gasteiger partial charge in [0.2, 0.25) is 0 Å². The first-order valence-electron chi connectivity index (χ1n) is 6.57. The van der Waals surface area contributed by atoms with E-state index in [4.69, 9.17) is 5.73 Å². The van der Waals surface area contributed by atoms with Crippen molar-refractivity contribution in [3.63, 3.8) is 0 Å². The van der Waals surface area contributed by atoms with Crippen molar-refractivity contribution in [3.8, 4) is 11.1 Å². The van der Waals surface area contributed by atoms with Crippen LogP contribution in [0, 0.1) is 5.92 Å². The maximum Gasteiger partial charge on any atom is 0.0178 e. The summed E-state index contributed by atoms with van der Waals surface area (Å²) in [6.45, 7) is 5.09. The number of hydrogen-bond donors (Lipinski definition) is 1. The van der Waals surface area contributed by atoms with E-state index in [1.165, 1.54) is 22.3 Å². The predicted molar refractivity (Wildman–Crippen MR) is 78.3 cm³/mol. The molecule has 0 aliphatic rings. The van der Waals surface area contributed by atoms with Crippen molar-refractivity contribution in [1.29, 1.82) is 0 Å². The van der Waals surface area contributed by atoms with E-state index in [1.54, 1.807) is 0 Å². The van der Waals surface area contributed by atoms with Gasteiger partial charge in [-0.25, -0.2) is 0 Å². The molecular formula is C17H21N. The maximum atomic E-state index is 5.68. The molecular weight excluding hydrogens is 218 g/mol. The monoisotopic (exact) mass is 239 g/mol. The van der Waals surface area contributed by atoms with Crippen molar-refractivity contribution in [2.45, 2.75) is 26.8 Å². The summed E-state index contributed by atoms with van der Waals surface area (Å²) >= 11 is 0. The van der Waals surface area contributed by atoms with Crippen LogP contribution in [0.5, 0.6) is 0 Å². The average molecular weight is 239 g/mol. The van der Waals surface area contributed by atoms with Crippen LogP contribution in [-0.4, -0.2) is 0 Å². The molecule has 2 rings (SSSR count). The van der Waals surface area contributed by atoms with Crippen molar-refractivity contribution in [2.75, 3.05) is 0 Å². The Balaban J connectivity index is 2.22. The Bertz CT molecular complexity index is 497. The number of rotatable bonds is 4. The van der Waals surface area contributed by atoms with Gasteiger partial charge in [-0.1, -0.05) is 56.3 Å². The van der Waals surface area contributed by atoms with E-state index in [9.17, 15) is 0 Å². The third kappa shape index (κ3) is 3.21. The minimum absolute atomic E-state index is 0.597. The van der Waals surface area contributed by atoms with Gasteiger partial charge >= 0.3 is 0 Å². The lowest BCUT2D eigenvalue weighted by Crippen LogP contribution is -1.96. The van der Waals surface area contributed by atoms with Crippen molar-refractivity contribution >= 4 is 0 Å². The van der Waals surface area contributed by atoms with Gasteiger partial charge in [0.15, 0.2) is 0 Å². The highest BCUT2D eigenvalue weighted by molar-refractivity contribution is 5.64. The summed E-state index contributed by atoms with van der Waals surface area (Å²) in [5.74, 6) is 0.705. The Morgan fingerprint density at radius 3 is 2.22 bits per heavy atom. The lowest BCUT2D eigenvalue weighted by molar-refractivity contribution is 0.647. The van der Waals surface area contributed by atoms with Crippen LogP contribution in [0.4, 0.5) is 0 Å². The van der Waals surface area contributed by atoms with E-state index in [0.717, 1.165) is 6.42 Å². The molecule has 2 aromatic rings. The molecule has 0 unspecified atom stereocenters. The Labute approximate surface area is 110 Å². The second-order valence-electron chi connectivity index (χ2n) is 5.20. The quantitative estimate of drug-likeness (QED) is 0.857. The molecule has 0 aliphatic heterocycles. The van der Waals surface area contributed by atoms with Gasteiger partial charge in [-0.3, -0.25) is 0 Å². The molecule has 2 N–H and O–H groups in total. The van der Waals surface area contributed by atoms with Crippen molar-refractivity contribution in [3.05, 3.63) is 59.7 Å². The molecule has 0 atom stereocenters. The van der Waals surface area contributed by atoms with Crippen molar-refractivity contribution in [1.82, 2.24) is 0 Å². The van der Waals surface area contributed by atoms with Crippen molar-refractivity contribution < 1.29 is 0 Å². The summed E-state index contributed by atoms with van der Waals surface area (Å²) in [6.07, 6.45) is 1.14. The van der Waals surface area contributed by atoms with Crippen LogP contribution in [0.2, 0.25) is 0 Å². The average Bonchev–Trinajstić information content (AvgIpc) is 2.39. The minimum atomic E-state index is 0.597. The zero-order valence-corrected chi connectivity index (χ0v) is 11.2. The zero-order valence-electron chi connectivity index (χ0n) is 11.2. The SMILES string of the molecule is CC(C)Cc1ccc(-c2cccc(CN)c2)cc1. The normalized spacial score (nSPS) is 10.9. The molecule has 0 saturated heterocycles. The summed E-state index contributed by atoms with van der Waals surface area (Å²) < 4.78 is 0. The van der Waals surface area contributed by atoms with Crippen LogP contribution in [0.3, 0.4) is 0 Å². The van der Waals surface area contributed by atoms with Crippen LogP contribution >= 0.6 is 0 Å². The molecule has 1 heteroatoms. The topological polar surface area (TPSA) is 26.0 Å². The smallest absolute Gasteiger partial charge is 0.0178 e. The number of benzene rings is 2. The van der Waals surface area contributed by atoms with E-state index in [0.29, 0.717) is 12.5 Å². The maximum absolute atomic E-state index is 5.68. The van der Waals surface area contributed by atoms with E-state index < -0.39 is 0 Å². The van der Waals surface area contributed by atoms with Crippen molar-refractivity contribution in [2.24, 2.45) is 11.7 Å². The van der Waals surface area contributed by atoms with Crippen LogP contribution in [-0.2, 0) is 13.0 Å². The Morgan fingerprint density at radius 1 is 0.889 bits per heavy atom. The first-order chi connectivity index (χ1) is 8.69. The molecule has 0 fully saturated rings. The fraction of sp³-hybridized carbons (Fsp3) is 0.294. The largest absolute Gasteiger partial charge is 0.326 e. The lowest BCUT2D eigenvalue weighted by atomic mass is 9.98. The summed E-state index contributed by atoms with van der Waals surface area (Å²) in [6, 6.07) is 17.3. The fourth-order valence-corrected chi connectivity index (χ4v) is 2.18. The van der Waals surface area contributed by atoms with Gasteiger partial charge in [-0.2, -0.15) is 0 Å². The highest BCUT2D eigenvalue weighted by atomic mass is 14.5. The van der Waals surface area contributed by atoms with Crippen LogP contribution in [0.15, 0.2) is 48.5 Å². The third-order valence-electron chi connectivity index (χ3n) is 3.09. The fourth-order valence-electron chi connectivity index (χ4n) is 2.18. The van der Waals surface area contributed by atoms with Crippen LogP contribution in [0.1, 0.15) is 25.0 Å². The van der Waals surface area contributed by atoms with Gasteiger partial charge < -0.3 is 5.73 Å². The molecule has 0 amide bonds. The number of nitrogens with two attached hydrogens (primary N) is 1. The van der Waals surface area contributed by atoms with Gasteiger partial charge in [0.05, 0.1) is 0 Å². The predicted octanol–water partition coefficient (Wildman–Crippen LogP) is 4.01. The Hall–Kier alpha value is -1.60. The highest BCUT2D eigenvalue weighted by Crippen LogP contribution is 2.21. The summed E-state index contributed by atoms with van der Waals surface area (Å²) in [7, 11) is 0. The van der Waals surface area contributed by atoms with Crippen LogP contribution < -0.4 is 5.73 Å². The summed E-state index contributed by atoms with van der Waals surface area (Å²) in [4.78, 5) is 0. The van der Waals surface area contributed by atoms with Gasteiger partial charge in [0, 0.05) is 6.54 Å². The standard InChI is InChI=1S/C17H21N/c1-13(2)10-14-6-8-16(9-7-14)17-5-3-4-15(11-17)12-18/h3-9,11,13H,10,12,18H2,1-2H3. The van der Waals surface area contributed by atoms with E-state index >= 15 is 0 Å². The second kappa shape index (κ2) is 5.83. The molecule has 0 aromatic heterocycles.